The molecule has 0 aliphatic carbocycles. The lowest BCUT2D eigenvalue weighted by Gasteiger charge is -2.22. The van der Waals surface area contributed by atoms with Crippen molar-refractivity contribution in [1.29, 1.82) is 0 Å². The number of carboxylic acids is 1. The summed E-state index contributed by atoms with van der Waals surface area (Å²) in [7, 11) is 0. The fraction of sp³-hybridized carbons (Fsp3) is 0.214. The third-order valence-corrected chi connectivity index (χ3v) is 5.50. The van der Waals surface area contributed by atoms with Crippen molar-refractivity contribution in [2.24, 2.45) is 0 Å². The number of carbonyl (C=O) groups is 3. The zero-order valence-electron chi connectivity index (χ0n) is 20.2. The van der Waals surface area contributed by atoms with Gasteiger partial charge in [-0.3, -0.25) is 9.59 Å². The summed E-state index contributed by atoms with van der Waals surface area (Å²) in [5, 5.41) is 25.3. The third-order valence-electron chi connectivity index (χ3n) is 5.50. The van der Waals surface area contributed by atoms with Gasteiger partial charge in [0.2, 0.25) is 5.91 Å². The highest BCUT2D eigenvalue weighted by molar-refractivity contribution is 5.97. The van der Waals surface area contributed by atoms with Crippen molar-refractivity contribution >= 4 is 28.7 Å². The largest absolute Gasteiger partial charge is 0.480 e. The first-order valence-electron chi connectivity index (χ1n) is 11.6. The number of hydrogen-bond donors (Lipinski definition) is 4. The van der Waals surface area contributed by atoms with Crippen LogP contribution in [-0.4, -0.2) is 46.4 Å². The summed E-state index contributed by atoms with van der Waals surface area (Å²) in [5.41, 5.74) is 1.77. The molecule has 0 spiro atoms. The Hall–Kier alpha value is -4.50. The Kier molecular flexibility index (Phi) is 9.51. The number of carbonyl (C=O) groups excluding carboxylic acids is 2. The molecule has 0 radical (unpaired) electrons. The predicted octanol–water partition coefficient (Wildman–Crippen LogP) is 2.55. The van der Waals surface area contributed by atoms with E-state index >= 15 is 0 Å². The minimum absolute atomic E-state index is 0.0256. The maximum atomic E-state index is 12.6. The molecule has 0 heterocycles. The molecule has 2 amide bonds. The third kappa shape index (κ3) is 8.29. The molecule has 0 fully saturated rings. The summed E-state index contributed by atoms with van der Waals surface area (Å²) >= 11 is 0. The van der Waals surface area contributed by atoms with Gasteiger partial charge in [-0.2, -0.15) is 0 Å². The van der Waals surface area contributed by atoms with Crippen molar-refractivity contribution in [3.63, 3.8) is 0 Å². The predicted molar refractivity (Wildman–Crippen MR) is 138 cm³/mol. The lowest BCUT2D eigenvalue weighted by molar-refractivity contribution is -0.145. The van der Waals surface area contributed by atoms with Crippen LogP contribution in [0.2, 0.25) is 0 Å². The van der Waals surface area contributed by atoms with E-state index < -0.39 is 36.2 Å². The number of rotatable bonds is 9. The number of ether oxygens (including phenoxy) is 1. The Morgan fingerprint density at radius 1 is 0.811 bits per heavy atom. The number of amides is 2. The Bertz CT molecular complexity index is 1300. The molecule has 9 heteroatoms. The summed E-state index contributed by atoms with van der Waals surface area (Å²) in [5.74, 6) is -2.11. The molecule has 0 saturated carbocycles. The zero-order chi connectivity index (χ0) is 26.8. The van der Waals surface area contributed by atoms with Gasteiger partial charge in [0.15, 0.2) is 11.5 Å². The number of fused-ring (bicyclic) bond motifs is 1. The van der Waals surface area contributed by atoms with Gasteiger partial charge in [-0.1, -0.05) is 84.9 Å². The van der Waals surface area contributed by atoms with Crippen LogP contribution in [0.1, 0.15) is 18.1 Å². The van der Waals surface area contributed by atoms with Crippen molar-refractivity contribution in [3.8, 4) is 0 Å². The quantitative estimate of drug-likeness (QED) is 0.274. The van der Waals surface area contributed by atoms with Gasteiger partial charge in [-0.05, 0) is 18.1 Å². The summed E-state index contributed by atoms with van der Waals surface area (Å²) < 4.78 is 5.15. The molecule has 4 aromatic rings. The standard InChI is InChI=1S/C21H24N2O6.C7H4O/c1-14(24)18(20(26)27)23-19(25)17(12-15-8-4-2-5-9-15)22-21(28)29-13-16-10-6-3-7-11-16;8-7-5-3-1-2-4-6(5)7/h2-11,14,17-18,24H,12-13H2,1H3,(H,22,28)(H,23,25)(H,26,27);1-4H. The number of aliphatic hydroxyl groups is 1. The van der Waals surface area contributed by atoms with E-state index in [4.69, 9.17) is 9.84 Å². The van der Waals surface area contributed by atoms with Crippen molar-refractivity contribution in [2.45, 2.75) is 38.1 Å². The number of nitrogens with one attached hydrogen (secondary N) is 2. The number of benzene rings is 3. The molecule has 0 saturated heterocycles. The Balaban J connectivity index is 0.000000396. The molecule has 37 heavy (non-hydrogen) atoms. The molecular weight excluding hydrogens is 476 g/mol. The molecule has 0 bridgehead atoms. The van der Waals surface area contributed by atoms with Crippen LogP contribution in [0.5, 0.6) is 0 Å². The van der Waals surface area contributed by atoms with Gasteiger partial charge in [-0.25, -0.2) is 9.59 Å². The van der Waals surface area contributed by atoms with E-state index in [2.05, 4.69) is 10.6 Å². The van der Waals surface area contributed by atoms with Crippen molar-refractivity contribution in [3.05, 3.63) is 106 Å². The van der Waals surface area contributed by atoms with E-state index in [1.807, 2.05) is 48.5 Å². The molecule has 4 rings (SSSR count). The van der Waals surface area contributed by atoms with Crippen LogP contribution in [0, 0.1) is 0 Å². The van der Waals surface area contributed by atoms with E-state index in [-0.39, 0.29) is 18.5 Å². The first kappa shape index (κ1) is 27.1. The Labute approximate surface area is 213 Å². The number of carboxylic acid groups (broad SMARTS) is 1. The summed E-state index contributed by atoms with van der Waals surface area (Å²) in [6.07, 6.45) is -1.99. The molecule has 4 N–H and O–H groups in total. The minimum atomic E-state index is -1.50. The van der Waals surface area contributed by atoms with Crippen molar-refractivity contribution < 1.29 is 29.3 Å². The Morgan fingerprint density at radius 3 is 1.81 bits per heavy atom. The molecule has 0 aromatic heterocycles. The summed E-state index contributed by atoms with van der Waals surface area (Å²) in [6.45, 7) is 1.28. The maximum absolute atomic E-state index is 12.6. The van der Waals surface area contributed by atoms with Crippen molar-refractivity contribution in [2.75, 3.05) is 0 Å². The molecule has 0 aliphatic rings. The van der Waals surface area contributed by atoms with Gasteiger partial charge in [0, 0.05) is 17.2 Å². The first-order chi connectivity index (χ1) is 17.8. The van der Waals surface area contributed by atoms with Gasteiger partial charge in [0.1, 0.15) is 12.6 Å². The molecule has 9 nitrogen and oxygen atoms in total. The lowest BCUT2D eigenvalue weighted by atomic mass is 10.0. The Morgan fingerprint density at radius 2 is 1.32 bits per heavy atom. The molecule has 3 atom stereocenters. The van der Waals surface area contributed by atoms with Gasteiger partial charge in [-0.15, -0.1) is 0 Å². The second-order valence-corrected chi connectivity index (χ2v) is 8.39. The summed E-state index contributed by atoms with van der Waals surface area (Å²) in [6, 6.07) is 22.9. The second kappa shape index (κ2) is 13.0. The number of aliphatic carboxylic acids is 1. The molecule has 4 aromatic carbocycles. The minimum Gasteiger partial charge on any atom is -0.480 e. The highest BCUT2D eigenvalue weighted by Gasteiger charge is 2.30. The average Bonchev–Trinajstić information content (AvgIpc) is 3.56. The fourth-order valence-electron chi connectivity index (χ4n) is 3.44. The normalized spacial score (nSPS) is 13.0. The highest BCUT2D eigenvalue weighted by Crippen LogP contribution is 2.11. The average molecular weight is 505 g/mol. The molecule has 0 aliphatic heterocycles. The highest BCUT2D eigenvalue weighted by atomic mass is 16.5. The van der Waals surface area contributed by atoms with Gasteiger partial charge < -0.3 is 25.6 Å². The number of hydrogen-bond acceptors (Lipinski definition) is 6. The van der Waals surface area contributed by atoms with E-state index in [9.17, 15) is 24.3 Å². The zero-order valence-corrected chi connectivity index (χ0v) is 20.2. The van der Waals surface area contributed by atoms with Crippen LogP contribution in [0.4, 0.5) is 4.79 Å². The van der Waals surface area contributed by atoms with Gasteiger partial charge >= 0.3 is 12.1 Å². The van der Waals surface area contributed by atoms with Crippen molar-refractivity contribution in [1.82, 2.24) is 10.6 Å². The summed E-state index contributed by atoms with van der Waals surface area (Å²) in [4.78, 5) is 46.6. The van der Waals surface area contributed by atoms with Gasteiger partial charge in [0.25, 0.3) is 0 Å². The van der Waals surface area contributed by atoms with Crippen LogP contribution in [0.3, 0.4) is 0 Å². The van der Waals surface area contributed by atoms with Crippen LogP contribution in [0.15, 0.2) is 89.7 Å². The van der Waals surface area contributed by atoms with E-state index in [1.54, 1.807) is 36.4 Å². The topological polar surface area (TPSA) is 142 Å². The fourth-order valence-corrected chi connectivity index (χ4v) is 3.44. The lowest BCUT2D eigenvalue weighted by Crippen LogP contribution is -2.55. The number of aliphatic hydroxyl groups excluding tert-OH is 1. The maximum Gasteiger partial charge on any atom is 0.408 e. The van der Waals surface area contributed by atoms with E-state index in [1.165, 1.54) is 6.92 Å². The molecule has 3 unspecified atom stereocenters. The van der Waals surface area contributed by atoms with Crippen LogP contribution < -0.4 is 16.1 Å². The first-order valence-corrected chi connectivity index (χ1v) is 11.6. The van der Waals surface area contributed by atoms with Crippen LogP contribution in [0.25, 0.3) is 10.8 Å². The van der Waals surface area contributed by atoms with Crippen LogP contribution in [-0.2, 0) is 27.4 Å². The van der Waals surface area contributed by atoms with Gasteiger partial charge in [0.05, 0.1) is 6.10 Å². The molecule has 192 valence electrons. The van der Waals surface area contributed by atoms with E-state index in [0.29, 0.717) is 0 Å². The van der Waals surface area contributed by atoms with Crippen LogP contribution >= 0.6 is 0 Å². The SMILES string of the molecule is CC(O)C(NC(=O)C(Cc1ccccc1)NC(=O)OCc1ccccc1)C(=O)O.O=c1c2ccccc12. The monoisotopic (exact) mass is 504 g/mol. The second-order valence-electron chi connectivity index (χ2n) is 8.39. The molecular formula is C28H28N2O7. The smallest absolute Gasteiger partial charge is 0.408 e. The van der Waals surface area contributed by atoms with E-state index in [0.717, 1.165) is 21.9 Å². The number of alkyl carbamates (subject to hydrolysis) is 1.